The minimum absolute atomic E-state index is 0.0668. The standard InChI is InChI=1S/C5H9NO4.C5H9N.C4H8N2/c6-5(1-9-3-7)2-10-4-8;1-4-2-5(1)6-3-4;1-4-2-6(1)3-5-4/h3-5H,1-2,6H2;4-6H,1-3H2;4-5H,1-3H2. The predicted octanol–water partition coefficient (Wildman–Crippen LogP) is -1.74. The maximum atomic E-state index is 9.59. The second kappa shape index (κ2) is 9.04. The molecule has 0 radical (unpaired) electrons. The van der Waals surface area contributed by atoms with Gasteiger partial charge in [0.25, 0.3) is 12.9 Å². The third-order valence-electron chi connectivity index (χ3n) is 4.25. The number of carbonyl (C=O) groups is 2. The summed E-state index contributed by atoms with van der Waals surface area (Å²) in [5.41, 5.74) is 5.28. The molecule has 0 amide bonds. The van der Waals surface area contributed by atoms with Gasteiger partial charge in [-0.25, -0.2) is 0 Å². The van der Waals surface area contributed by atoms with E-state index in [1.807, 2.05) is 0 Å². The van der Waals surface area contributed by atoms with Crippen LogP contribution < -0.4 is 16.4 Å². The average Bonchev–Trinajstić information content (AvgIpc) is 3.22. The second-order valence-electron chi connectivity index (χ2n) is 6.16. The molecule has 4 N–H and O–H groups in total. The van der Waals surface area contributed by atoms with Crippen molar-refractivity contribution in [2.24, 2.45) is 11.7 Å². The summed E-state index contributed by atoms with van der Waals surface area (Å²) in [6.07, 6.45) is 2.94. The van der Waals surface area contributed by atoms with Crippen molar-refractivity contribution in [3.8, 4) is 0 Å². The molecule has 8 heteroatoms. The molecule has 8 nitrogen and oxygen atoms in total. The maximum absolute atomic E-state index is 9.59. The van der Waals surface area contributed by atoms with E-state index in [4.69, 9.17) is 5.73 Å². The van der Waals surface area contributed by atoms with Crippen LogP contribution >= 0.6 is 0 Å². The quantitative estimate of drug-likeness (QED) is 0.496. The molecule has 0 unspecified atom stereocenters. The highest BCUT2D eigenvalue weighted by atomic mass is 16.5. The molecule has 6 fully saturated rings. The lowest BCUT2D eigenvalue weighted by atomic mass is 9.87. The lowest BCUT2D eigenvalue weighted by molar-refractivity contribution is -0.131. The van der Waals surface area contributed by atoms with E-state index in [0.29, 0.717) is 12.9 Å². The van der Waals surface area contributed by atoms with E-state index in [1.165, 1.54) is 32.5 Å². The van der Waals surface area contributed by atoms with E-state index in [1.54, 1.807) is 0 Å². The van der Waals surface area contributed by atoms with Crippen LogP contribution in [0.5, 0.6) is 0 Å². The van der Waals surface area contributed by atoms with Gasteiger partial charge in [-0.05, 0) is 25.3 Å². The molecule has 6 rings (SSSR count). The van der Waals surface area contributed by atoms with Gasteiger partial charge in [-0.3, -0.25) is 19.8 Å². The summed E-state index contributed by atoms with van der Waals surface area (Å²) < 4.78 is 8.58. The van der Waals surface area contributed by atoms with Crippen LogP contribution in [0.1, 0.15) is 12.8 Å². The number of hydrogen-bond acceptors (Lipinski definition) is 8. The van der Waals surface area contributed by atoms with Crippen molar-refractivity contribution in [2.45, 2.75) is 31.0 Å². The summed E-state index contributed by atoms with van der Waals surface area (Å²) in [4.78, 5) is 21.6. The first-order valence-electron chi connectivity index (χ1n) is 7.76. The van der Waals surface area contributed by atoms with E-state index in [0.717, 1.165) is 24.7 Å². The largest absolute Gasteiger partial charge is 0.466 e. The van der Waals surface area contributed by atoms with Crippen LogP contribution in [0.25, 0.3) is 0 Å². The fourth-order valence-electron chi connectivity index (χ4n) is 2.86. The molecule has 126 valence electrons. The highest BCUT2D eigenvalue weighted by Crippen LogP contribution is 2.32. The van der Waals surface area contributed by atoms with Crippen LogP contribution in [0, 0.1) is 5.92 Å². The fourth-order valence-corrected chi connectivity index (χ4v) is 2.86. The number of hydrogen-bond donors (Lipinski definition) is 3. The molecule has 6 aliphatic rings. The Morgan fingerprint density at radius 3 is 1.95 bits per heavy atom. The fraction of sp³-hybridized carbons (Fsp3) is 0.857. The van der Waals surface area contributed by atoms with Gasteiger partial charge in [0.05, 0.1) is 6.04 Å². The first-order valence-corrected chi connectivity index (χ1v) is 7.76. The summed E-state index contributed by atoms with van der Waals surface area (Å²) in [6, 6.07) is 1.37. The average molecular weight is 314 g/mol. The van der Waals surface area contributed by atoms with Gasteiger partial charge >= 0.3 is 0 Å². The van der Waals surface area contributed by atoms with Gasteiger partial charge in [0.1, 0.15) is 13.2 Å². The zero-order chi connectivity index (χ0) is 15.8. The zero-order valence-electron chi connectivity index (χ0n) is 12.8. The number of ether oxygens (including phenoxy) is 2. The van der Waals surface area contributed by atoms with E-state index < -0.39 is 6.04 Å². The van der Waals surface area contributed by atoms with Crippen LogP contribution in [0.4, 0.5) is 0 Å². The predicted molar refractivity (Wildman–Crippen MR) is 79.9 cm³/mol. The summed E-state index contributed by atoms with van der Waals surface area (Å²) in [5, 5.41) is 6.71. The number of nitrogens with two attached hydrogens (primary N) is 1. The highest BCUT2D eigenvalue weighted by Gasteiger charge is 2.35. The number of rotatable bonds is 6. The third kappa shape index (κ3) is 5.53. The lowest BCUT2D eigenvalue weighted by Crippen LogP contribution is -2.42. The van der Waals surface area contributed by atoms with Gasteiger partial charge < -0.3 is 20.5 Å². The van der Waals surface area contributed by atoms with Crippen molar-refractivity contribution in [2.75, 3.05) is 39.5 Å². The zero-order valence-corrected chi connectivity index (χ0v) is 12.8. The number of carbonyl (C=O) groups excluding carboxylic acids is 2. The molecule has 0 aromatic rings. The molecule has 0 atom stereocenters. The minimum Gasteiger partial charge on any atom is -0.466 e. The van der Waals surface area contributed by atoms with Crippen LogP contribution in [-0.4, -0.2) is 75.5 Å². The third-order valence-corrected chi connectivity index (χ3v) is 4.25. The van der Waals surface area contributed by atoms with Gasteiger partial charge in [0.15, 0.2) is 0 Å². The Hall–Kier alpha value is -1.22. The smallest absolute Gasteiger partial charge is 0.293 e. The SMILES string of the molecule is C1NC2CC1C2.C1NC2CN1C2.NC(COC=O)COC=O. The molecule has 0 aromatic heterocycles. The molecule has 5 aliphatic heterocycles. The second-order valence-corrected chi connectivity index (χ2v) is 6.16. The van der Waals surface area contributed by atoms with Gasteiger partial charge in [-0.15, -0.1) is 0 Å². The Balaban J connectivity index is 0.000000125. The van der Waals surface area contributed by atoms with Crippen LogP contribution in [-0.2, 0) is 19.1 Å². The number of fused-ring (bicyclic) bond motifs is 2. The van der Waals surface area contributed by atoms with Crippen molar-refractivity contribution in [3.63, 3.8) is 0 Å². The molecular formula is C14H26N4O4. The molecule has 5 heterocycles. The topological polar surface area (TPSA) is 106 Å². The minimum atomic E-state index is -0.435. The Bertz CT molecular complexity index is 287. The molecule has 5 saturated heterocycles. The molecular weight excluding hydrogens is 288 g/mol. The number of nitrogens with zero attached hydrogens (tertiary/aromatic N) is 1. The van der Waals surface area contributed by atoms with Crippen molar-refractivity contribution < 1.29 is 19.1 Å². The van der Waals surface area contributed by atoms with Crippen LogP contribution in [0.15, 0.2) is 0 Å². The molecule has 0 spiro atoms. The molecule has 22 heavy (non-hydrogen) atoms. The Labute approximate surface area is 130 Å². The monoisotopic (exact) mass is 314 g/mol. The summed E-state index contributed by atoms with van der Waals surface area (Å²) >= 11 is 0. The Morgan fingerprint density at radius 1 is 1.09 bits per heavy atom. The summed E-state index contributed by atoms with van der Waals surface area (Å²) in [5.74, 6) is 1.08. The maximum Gasteiger partial charge on any atom is 0.293 e. The molecule has 4 bridgehead atoms. The first kappa shape index (κ1) is 17.1. The summed E-state index contributed by atoms with van der Waals surface area (Å²) in [7, 11) is 0. The molecule has 1 aliphatic carbocycles. The van der Waals surface area contributed by atoms with Crippen LogP contribution in [0.3, 0.4) is 0 Å². The van der Waals surface area contributed by atoms with Gasteiger partial charge in [-0.2, -0.15) is 0 Å². The van der Waals surface area contributed by atoms with Crippen molar-refractivity contribution in [3.05, 3.63) is 0 Å². The van der Waals surface area contributed by atoms with Crippen molar-refractivity contribution >= 4 is 12.9 Å². The Morgan fingerprint density at radius 2 is 1.73 bits per heavy atom. The van der Waals surface area contributed by atoms with Crippen LogP contribution in [0.2, 0.25) is 0 Å². The van der Waals surface area contributed by atoms with Gasteiger partial charge in [-0.1, -0.05) is 0 Å². The highest BCUT2D eigenvalue weighted by molar-refractivity contribution is 5.37. The van der Waals surface area contributed by atoms with E-state index in [-0.39, 0.29) is 13.2 Å². The van der Waals surface area contributed by atoms with Crippen molar-refractivity contribution in [1.82, 2.24) is 15.5 Å². The normalized spacial score (nSPS) is 32.5. The lowest BCUT2D eigenvalue weighted by Gasteiger charge is -2.24. The molecule has 1 saturated carbocycles. The number of nitrogens with one attached hydrogen (secondary N) is 2. The van der Waals surface area contributed by atoms with E-state index >= 15 is 0 Å². The Kier molecular flexibility index (Phi) is 7.04. The van der Waals surface area contributed by atoms with Gasteiger partial charge in [0.2, 0.25) is 0 Å². The van der Waals surface area contributed by atoms with E-state index in [9.17, 15) is 9.59 Å². The molecule has 0 aromatic carbocycles. The van der Waals surface area contributed by atoms with E-state index in [2.05, 4.69) is 25.0 Å². The first-order chi connectivity index (χ1) is 10.7. The summed E-state index contributed by atoms with van der Waals surface area (Å²) in [6.45, 7) is 5.78. The van der Waals surface area contributed by atoms with Crippen molar-refractivity contribution in [1.29, 1.82) is 0 Å². The van der Waals surface area contributed by atoms with Gasteiger partial charge in [0, 0.05) is 31.8 Å².